The number of H-pyrrole nitrogens is 1. The van der Waals surface area contributed by atoms with Crippen LogP contribution in [0.5, 0.6) is 11.5 Å². The second-order valence-corrected chi connectivity index (χ2v) is 13.2. The lowest BCUT2D eigenvalue weighted by Gasteiger charge is -2.20. The molecule has 248 valence electrons. The summed E-state index contributed by atoms with van der Waals surface area (Å²) in [6.07, 6.45) is 0.130. The molecule has 0 saturated heterocycles. The molecule has 0 aliphatic heterocycles. The maximum Gasteiger partial charge on any atom is 0.256 e. The Morgan fingerprint density at radius 1 is 0.851 bits per heavy atom. The predicted octanol–water partition coefficient (Wildman–Crippen LogP) is 7.97. The molecule has 1 amide bonds. The van der Waals surface area contributed by atoms with Crippen molar-refractivity contribution in [3.8, 4) is 22.2 Å². The number of nitrogens with one attached hydrogen (secondary N) is 1. The zero-order chi connectivity index (χ0) is 34.2. The lowest BCUT2D eigenvalue weighted by Crippen LogP contribution is -2.31. The summed E-state index contributed by atoms with van der Waals surface area (Å²) in [5.74, 6) is 1.88. The number of ketones is 1. The quantitative estimate of drug-likeness (QED) is 0.141. The number of Topliss-reactive ketones (excluding diaryl/α,β-unsaturated/α-hetero) is 1. The Labute approximate surface area is 283 Å². The first-order chi connectivity index (χ1) is 22.5. The van der Waals surface area contributed by atoms with Gasteiger partial charge in [0, 0.05) is 41.2 Å². The van der Waals surface area contributed by atoms with Gasteiger partial charge < -0.3 is 19.4 Å². The molecule has 0 fully saturated rings. The van der Waals surface area contributed by atoms with Crippen LogP contribution in [-0.2, 0) is 6.42 Å². The molecule has 0 unspecified atom stereocenters. The van der Waals surface area contributed by atoms with Crippen molar-refractivity contribution >= 4 is 45.1 Å². The standard InChI is InChI=1S/C20H26N2O3S.C16H16N2O2S/c1-6-22(7-2)20(24)16-9-8-15(25-5)10-14(16)11-18(23)19-21-17(12-26-19)13(3)4;1-9(2)14-8-21-16(18-14)13-7-10-6-11(20-3)4-5-12(10)15(19)17-13/h8-10,12-13H,6-7,11H2,1-5H3;4-9H,1-3H3,(H,17,19). The number of benzene rings is 2. The van der Waals surface area contributed by atoms with Crippen LogP contribution in [0.4, 0.5) is 0 Å². The monoisotopic (exact) mass is 674 g/mol. The predicted molar refractivity (Wildman–Crippen MR) is 191 cm³/mol. The van der Waals surface area contributed by atoms with Crippen molar-refractivity contribution in [2.45, 2.75) is 59.8 Å². The van der Waals surface area contributed by atoms with E-state index in [2.05, 4.69) is 28.8 Å². The summed E-state index contributed by atoms with van der Waals surface area (Å²) >= 11 is 2.90. The third-order valence-electron chi connectivity index (χ3n) is 7.69. The molecule has 5 aromatic rings. The minimum atomic E-state index is -0.105. The molecule has 0 aliphatic rings. The average molecular weight is 675 g/mol. The van der Waals surface area contributed by atoms with Gasteiger partial charge in [-0.3, -0.25) is 14.4 Å². The van der Waals surface area contributed by atoms with Crippen LogP contribution in [0, 0.1) is 0 Å². The van der Waals surface area contributed by atoms with Crippen molar-refractivity contribution in [2.24, 2.45) is 0 Å². The minimum absolute atomic E-state index is 0.0672. The van der Waals surface area contributed by atoms with E-state index in [9.17, 15) is 14.4 Å². The van der Waals surface area contributed by atoms with Crippen LogP contribution in [0.25, 0.3) is 21.5 Å². The second kappa shape index (κ2) is 16.0. The van der Waals surface area contributed by atoms with Crippen molar-refractivity contribution in [2.75, 3.05) is 27.3 Å². The van der Waals surface area contributed by atoms with Gasteiger partial charge in [-0.05, 0) is 79.1 Å². The van der Waals surface area contributed by atoms with Crippen LogP contribution in [0.1, 0.15) is 90.5 Å². The summed E-state index contributed by atoms with van der Waals surface area (Å²) in [5, 5.41) is 6.78. The van der Waals surface area contributed by atoms with Gasteiger partial charge in [0.25, 0.3) is 11.5 Å². The fraction of sp³-hybridized carbons (Fsp3) is 0.361. The maximum atomic E-state index is 12.8. The van der Waals surface area contributed by atoms with E-state index in [4.69, 9.17) is 9.47 Å². The van der Waals surface area contributed by atoms with Gasteiger partial charge in [0.2, 0.25) is 0 Å². The number of fused-ring (bicyclic) bond motifs is 1. The summed E-state index contributed by atoms with van der Waals surface area (Å²) < 4.78 is 10.5. The number of hydrogen-bond acceptors (Lipinski definition) is 9. The topological polar surface area (TPSA) is 114 Å². The minimum Gasteiger partial charge on any atom is -0.497 e. The number of pyridine rings is 1. The molecule has 0 aliphatic carbocycles. The highest BCUT2D eigenvalue weighted by molar-refractivity contribution is 7.13. The number of aromatic amines is 1. The Hall–Kier alpha value is -4.35. The van der Waals surface area contributed by atoms with E-state index in [0.29, 0.717) is 46.3 Å². The van der Waals surface area contributed by atoms with Crippen LogP contribution < -0.4 is 15.0 Å². The highest BCUT2D eigenvalue weighted by Gasteiger charge is 2.21. The smallest absolute Gasteiger partial charge is 0.256 e. The summed E-state index contributed by atoms with van der Waals surface area (Å²) in [6.45, 7) is 13.4. The third kappa shape index (κ3) is 8.52. The first-order valence-corrected chi connectivity index (χ1v) is 17.4. The van der Waals surface area contributed by atoms with Crippen molar-refractivity contribution in [1.29, 1.82) is 0 Å². The molecular weight excluding hydrogens is 633 g/mol. The Bertz CT molecular complexity index is 1900. The number of ether oxygens (including phenoxy) is 2. The van der Waals surface area contributed by atoms with E-state index in [0.717, 1.165) is 33.2 Å². The number of rotatable bonds is 11. The molecule has 0 saturated carbocycles. The molecule has 1 N–H and O–H groups in total. The van der Waals surface area contributed by atoms with E-state index in [1.54, 1.807) is 60.8 Å². The number of amides is 1. The second-order valence-electron chi connectivity index (χ2n) is 11.5. The van der Waals surface area contributed by atoms with Gasteiger partial charge in [-0.1, -0.05) is 27.7 Å². The van der Waals surface area contributed by atoms with Gasteiger partial charge in [0.1, 0.15) is 16.5 Å². The maximum absolute atomic E-state index is 12.8. The van der Waals surface area contributed by atoms with Crippen LogP contribution in [0.3, 0.4) is 0 Å². The van der Waals surface area contributed by atoms with Gasteiger partial charge in [-0.25, -0.2) is 9.97 Å². The SMILES string of the molecule is CCN(CC)C(=O)c1ccc(OC)cc1CC(=O)c1nc(C(C)C)cs1.COc1ccc2c(=O)[nH]c(-c3nc(C(C)C)cs3)cc2c1. The molecule has 5 rings (SSSR count). The number of carbonyl (C=O) groups is 2. The van der Waals surface area contributed by atoms with E-state index in [1.807, 2.05) is 50.6 Å². The Kier molecular flexibility index (Phi) is 12.1. The van der Waals surface area contributed by atoms with Gasteiger partial charge >= 0.3 is 0 Å². The van der Waals surface area contributed by atoms with E-state index in [-0.39, 0.29) is 29.6 Å². The normalized spacial score (nSPS) is 11.0. The molecule has 0 atom stereocenters. The summed E-state index contributed by atoms with van der Waals surface area (Å²) in [7, 11) is 3.19. The highest BCUT2D eigenvalue weighted by atomic mass is 32.1. The van der Waals surface area contributed by atoms with Gasteiger partial charge in [0.05, 0.1) is 31.3 Å². The zero-order valence-electron chi connectivity index (χ0n) is 28.2. The number of carbonyl (C=O) groups excluding carboxylic acids is 2. The fourth-order valence-corrected chi connectivity index (χ4v) is 6.70. The zero-order valence-corrected chi connectivity index (χ0v) is 29.8. The van der Waals surface area contributed by atoms with E-state index in [1.165, 1.54) is 11.3 Å². The van der Waals surface area contributed by atoms with Crippen molar-refractivity contribution in [3.05, 3.63) is 91.1 Å². The average Bonchev–Trinajstić information content (AvgIpc) is 3.77. The van der Waals surface area contributed by atoms with E-state index < -0.39 is 0 Å². The van der Waals surface area contributed by atoms with Crippen molar-refractivity contribution < 1.29 is 19.1 Å². The van der Waals surface area contributed by atoms with Crippen LogP contribution in [-0.4, -0.2) is 58.9 Å². The van der Waals surface area contributed by atoms with Gasteiger partial charge in [-0.2, -0.15) is 0 Å². The van der Waals surface area contributed by atoms with Crippen LogP contribution in [0.15, 0.2) is 58.0 Å². The molecule has 11 heteroatoms. The van der Waals surface area contributed by atoms with Crippen LogP contribution >= 0.6 is 22.7 Å². The molecule has 9 nitrogen and oxygen atoms in total. The number of aromatic nitrogens is 3. The molecular formula is C36H42N4O5S2. The molecule has 2 aromatic carbocycles. The fourth-order valence-electron chi connectivity index (χ4n) is 4.83. The number of thiazole rings is 2. The lowest BCUT2D eigenvalue weighted by molar-refractivity contribution is 0.0772. The van der Waals surface area contributed by atoms with Crippen molar-refractivity contribution in [1.82, 2.24) is 19.9 Å². The Morgan fingerprint density at radius 3 is 2.06 bits per heavy atom. The number of hydrogen-bond donors (Lipinski definition) is 1. The van der Waals surface area contributed by atoms with Crippen LogP contribution in [0.2, 0.25) is 0 Å². The Morgan fingerprint density at radius 2 is 1.47 bits per heavy atom. The number of nitrogens with zero attached hydrogens (tertiary/aromatic N) is 3. The van der Waals surface area contributed by atoms with Gasteiger partial charge in [0.15, 0.2) is 10.8 Å². The highest BCUT2D eigenvalue weighted by Crippen LogP contribution is 2.28. The number of methoxy groups -OCH3 is 2. The summed E-state index contributed by atoms with van der Waals surface area (Å²) in [4.78, 5) is 51.4. The molecule has 0 bridgehead atoms. The molecule has 47 heavy (non-hydrogen) atoms. The largest absolute Gasteiger partial charge is 0.497 e. The summed E-state index contributed by atoms with van der Waals surface area (Å²) in [6, 6.07) is 12.6. The molecule has 3 heterocycles. The molecule has 3 aromatic heterocycles. The van der Waals surface area contributed by atoms with Gasteiger partial charge in [-0.15, -0.1) is 22.7 Å². The van der Waals surface area contributed by atoms with E-state index >= 15 is 0 Å². The first-order valence-electron chi connectivity index (χ1n) is 15.6. The third-order valence-corrected chi connectivity index (χ3v) is 9.49. The van der Waals surface area contributed by atoms with Crippen molar-refractivity contribution in [3.63, 3.8) is 0 Å². The summed E-state index contributed by atoms with van der Waals surface area (Å²) in [5.41, 5.74) is 3.82. The molecule has 0 spiro atoms. The lowest BCUT2D eigenvalue weighted by atomic mass is 10.0. The molecule has 0 radical (unpaired) electrons. The first kappa shape index (κ1) is 35.5. The Balaban J connectivity index is 0.000000217.